The lowest BCUT2D eigenvalue weighted by atomic mass is 10.0. The lowest BCUT2D eigenvalue weighted by Gasteiger charge is -2.16. The summed E-state index contributed by atoms with van der Waals surface area (Å²) in [5, 5.41) is 10.9. The van der Waals surface area contributed by atoms with E-state index in [9.17, 15) is 27.2 Å². The lowest BCUT2D eigenvalue weighted by molar-refractivity contribution is -0.119. The number of thiophene rings is 1. The molecule has 1 atom stereocenters. The SMILES string of the molecule is Cc1nn(C)cc1-c1cc(C(F)F)nc2sc(C(N)=O)c(NC(=O)C(C)n3nc(C(F)F)cc3C)c12. The van der Waals surface area contributed by atoms with Gasteiger partial charge in [-0.25, -0.2) is 22.5 Å². The molecule has 0 spiro atoms. The number of fused-ring (bicyclic) bond motifs is 1. The van der Waals surface area contributed by atoms with E-state index in [0.29, 0.717) is 17.0 Å². The van der Waals surface area contributed by atoms with Crippen LogP contribution in [0.2, 0.25) is 0 Å². The Labute approximate surface area is 205 Å². The molecule has 2 amide bonds. The number of nitrogens with zero attached hydrogens (tertiary/aromatic N) is 5. The first kappa shape index (κ1) is 25.3. The molecule has 0 aliphatic heterocycles. The number of amides is 2. The van der Waals surface area contributed by atoms with Gasteiger partial charge in [-0.2, -0.15) is 10.2 Å². The lowest BCUT2D eigenvalue weighted by Crippen LogP contribution is -2.26. The smallest absolute Gasteiger partial charge is 0.282 e. The minimum atomic E-state index is -2.89. The monoisotopic (exact) mass is 523 g/mol. The Morgan fingerprint density at radius 2 is 1.72 bits per heavy atom. The minimum absolute atomic E-state index is 0.00943. The van der Waals surface area contributed by atoms with Gasteiger partial charge in [0.1, 0.15) is 27.1 Å². The molecule has 14 heteroatoms. The van der Waals surface area contributed by atoms with Crippen molar-refractivity contribution in [3.8, 4) is 11.1 Å². The number of carbonyl (C=O) groups is 2. The highest BCUT2D eigenvalue weighted by Gasteiger charge is 2.28. The number of halogens is 4. The Morgan fingerprint density at radius 1 is 1.06 bits per heavy atom. The molecule has 0 bridgehead atoms. The molecule has 0 saturated heterocycles. The maximum absolute atomic E-state index is 13.7. The number of nitrogens with one attached hydrogen (secondary N) is 1. The van der Waals surface area contributed by atoms with Crippen molar-refractivity contribution in [1.29, 1.82) is 0 Å². The predicted molar refractivity (Wildman–Crippen MR) is 125 cm³/mol. The van der Waals surface area contributed by atoms with Crippen molar-refractivity contribution < 1.29 is 27.2 Å². The number of alkyl halides is 4. The average Bonchev–Trinajstić information content (AvgIpc) is 3.47. The van der Waals surface area contributed by atoms with E-state index >= 15 is 0 Å². The van der Waals surface area contributed by atoms with Crippen molar-refractivity contribution in [2.45, 2.75) is 39.7 Å². The zero-order valence-corrected chi connectivity index (χ0v) is 20.3. The van der Waals surface area contributed by atoms with Gasteiger partial charge in [0.2, 0.25) is 5.91 Å². The van der Waals surface area contributed by atoms with E-state index in [4.69, 9.17) is 5.73 Å². The number of anilines is 1. The van der Waals surface area contributed by atoms with Crippen LogP contribution in [0.15, 0.2) is 18.3 Å². The molecule has 0 aromatic carbocycles. The largest absolute Gasteiger partial charge is 0.365 e. The summed E-state index contributed by atoms with van der Waals surface area (Å²) in [6.07, 6.45) is -4.09. The van der Waals surface area contributed by atoms with Crippen LogP contribution in [0.25, 0.3) is 21.3 Å². The highest BCUT2D eigenvalue weighted by Crippen LogP contribution is 2.43. The van der Waals surface area contributed by atoms with Crippen LogP contribution in [0, 0.1) is 13.8 Å². The number of hydrogen-bond donors (Lipinski definition) is 2. The Balaban J connectivity index is 1.88. The van der Waals surface area contributed by atoms with Crippen molar-refractivity contribution in [1.82, 2.24) is 24.5 Å². The minimum Gasteiger partial charge on any atom is -0.365 e. The predicted octanol–water partition coefficient (Wildman–Crippen LogP) is 4.68. The normalized spacial score (nSPS) is 12.6. The molecule has 4 aromatic heterocycles. The Kier molecular flexibility index (Phi) is 6.56. The van der Waals surface area contributed by atoms with E-state index in [1.54, 1.807) is 20.2 Å². The molecule has 1 unspecified atom stereocenters. The zero-order valence-electron chi connectivity index (χ0n) is 19.5. The third-order valence-corrected chi connectivity index (χ3v) is 6.69. The molecule has 0 aliphatic rings. The summed E-state index contributed by atoms with van der Waals surface area (Å²) in [6, 6.07) is 1.30. The van der Waals surface area contributed by atoms with Crippen LogP contribution in [0.1, 0.15) is 58.3 Å². The fraction of sp³-hybridized carbons (Fsp3) is 0.318. The van der Waals surface area contributed by atoms with Gasteiger partial charge in [0.15, 0.2) is 0 Å². The highest BCUT2D eigenvalue weighted by molar-refractivity contribution is 7.21. The summed E-state index contributed by atoms with van der Waals surface area (Å²) in [5.41, 5.74) is 6.16. The van der Waals surface area contributed by atoms with Crippen molar-refractivity contribution in [3.63, 3.8) is 0 Å². The maximum atomic E-state index is 13.7. The van der Waals surface area contributed by atoms with Crippen molar-refractivity contribution >= 4 is 39.1 Å². The van der Waals surface area contributed by atoms with Gasteiger partial charge in [0.25, 0.3) is 18.8 Å². The van der Waals surface area contributed by atoms with Gasteiger partial charge >= 0.3 is 0 Å². The number of rotatable bonds is 7. The standard InChI is InChI=1S/C22H21F4N7O2S/c1-8-5-14(19(25)26)31-33(8)10(3)21(35)29-16-15-11(12-7-32(4)30-9(12)2)6-13(18(23)24)28-22(15)36-17(16)20(27)34/h5-7,10,18-19H,1-4H3,(H2,27,34)(H,29,35). The van der Waals surface area contributed by atoms with Crippen molar-refractivity contribution in [2.75, 3.05) is 5.32 Å². The molecule has 4 aromatic rings. The fourth-order valence-electron chi connectivity index (χ4n) is 3.95. The molecule has 0 radical (unpaired) electrons. The van der Waals surface area contributed by atoms with E-state index in [2.05, 4.69) is 20.5 Å². The molecule has 3 N–H and O–H groups in total. The van der Waals surface area contributed by atoms with Gasteiger partial charge in [0, 0.05) is 29.9 Å². The second-order valence-corrected chi connectivity index (χ2v) is 9.17. The van der Waals surface area contributed by atoms with Gasteiger partial charge in [0.05, 0.1) is 11.4 Å². The molecule has 0 fully saturated rings. The topological polar surface area (TPSA) is 121 Å². The first-order valence-electron chi connectivity index (χ1n) is 10.6. The van der Waals surface area contributed by atoms with Crippen LogP contribution in [-0.2, 0) is 11.8 Å². The average molecular weight is 524 g/mol. The van der Waals surface area contributed by atoms with Gasteiger partial charge < -0.3 is 11.1 Å². The quantitative estimate of drug-likeness (QED) is 0.341. The summed E-state index contributed by atoms with van der Waals surface area (Å²) >= 11 is 0.763. The number of pyridine rings is 1. The molecule has 190 valence electrons. The molecule has 0 saturated carbocycles. The fourth-order valence-corrected chi connectivity index (χ4v) is 4.96. The summed E-state index contributed by atoms with van der Waals surface area (Å²) in [5.74, 6) is -1.58. The van der Waals surface area contributed by atoms with E-state index in [0.717, 1.165) is 16.0 Å². The first-order valence-corrected chi connectivity index (χ1v) is 11.4. The Morgan fingerprint density at radius 3 is 2.25 bits per heavy atom. The number of nitrogens with two attached hydrogens (primary N) is 1. The van der Waals surface area contributed by atoms with E-state index < -0.39 is 42.1 Å². The molecular formula is C22H21F4N7O2S. The van der Waals surface area contributed by atoms with Crippen molar-refractivity contribution in [2.24, 2.45) is 12.8 Å². The third-order valence-electron chi connectivity index (χ3n) is 5.59. The Bertz CT molecular complexity index is 1490. The van der Waals surface area contributed by atoms with Crippen LogP contribution in [0.3, 0.4) is 0 Å². The van der Waals surface area contributed by atoms with Crippen LogP contribution in [-0.4, -0.2) is 36.4 Å². The molecule has 36 heavy (non-hydrogen) atoms. The number of carbonyl (C=O) groups excluding carboxylic acids is 2. The molecular weight excluding hydrogens is 502 g/mol. The van der Waals surface area contributed by atoms with Crippen LogP contribution >= 0.6 is 11.3 Å². The number of aromatic nitrogens is 5. The number of primary amides is 1. The Hall–Kier alpha value is -3.81. The van der Waals surface area contributed by atoms with Crippen LogP contribution in [0.4, 0.5) is 23.2 Å². The van der Waals surface area contributed by atoms with Gasteiger partial charge in [-0.3, -0.25) is 19.0 Å². The van der Waals surface area contributed by atoms with Crippen LogP contribution < -0.4 is 11.1 Å². The van der Waals surface area contributed by atoms with E-state index in [-0.39, 0.29) is 26.3 Å². The van der Waals surface area contributed by atoms with Gasteiger partial charge in [-0.05, 0) is 38.5 Å². The zero-order chi connectivity index (χ0) is 26.5. The van der Waals surface area contributed by atoms with Crippen molar-refractivity contribution in [3.05, 3.63) is 46.0 Å². The second-order valence-electron chi connectivity index (χ2n) is 8.17. The van der Waals surface area contributed by atoms with Crippen LogP contribution in [0.5, 0.6) is 0 Å². The highest BCUT2D eigenvalue weighted by atomic mass is 32.1. The molecule has 4 rings (SSSR count). The van der Waals surface area contributed by atoms with E-state index in [1.165, 1.54) is 30.7 Å². The third kappa shape index (κ3) is 4.43. The number of hydrogen-bond acceptors (Lipinski definition) is 6. The number of aryl methyl sites for hydroxylation is 3. The molecule has 0 aliphatic carbocycles. The summed E-state index contributed by atoms with van der Waals surface area (Å²) in [6.45, 7) is 4.66. The van der Waals surface area contributed by atoms with E-state index in [1.807, 2.05) is 0 Å². The molecule has 9 nitrogen and oxygen atoms in total. The first-order chi connectivity index (χ1) is 16.9. The summed E-state index contributed by atoms with van der Waals surface area (Å²) in [7, 11) is 1.66. The summed E-state index contributed by atoms with van der Waals surface area (Å²) in [4.78, 5) is 29.4. The maximum Gasteiger partial charge on any atom is 0.282 e. The van der Waals surface area contributed by atoms with Gasteiger partial charge in [-0.1, -0.05) is 0 Å². The summed E-state index contributed by atoms with van der Waals surface area (Å²) < 4.78 is 56.1. The molecule has 4 heterocycles. The second kappa shape index (κ2) is 9.33. The van der Waals surface area contributed by atoms with Gasteiger partial charge in [-0.15, -0.1) is 11.3 Å².